The third-order valence-electron chi connectivity index (χ3n) is 4.29. The second-order valence-electron chi connectivity index (χ2n) is 5.72. The summed E-state index contributed by atoms with van der Waals surface area (Å²) >= 11 is 0. The van der Waals surface area contributed by atoms with Gasteiger partial charge in [-0.1, -0.05) is 19.1 Å². The minimum absolute atomic E-state index is 0.0129. The number of rotatable bonds is 4. The Kier molecular flexibility index (Phi) is 4.23. The molecule has 6 nitrogen and oxygen atoms in total. The van der Waals surface area contributed by atoms with Crippen LogP contribution in [0.3, 0.4) is 0 Å². The first-order valence-electron chi connectivity index (χ1n) is 7.88. The Hall–Kier alpha value is -2.50. The fourth-order valence-electron chi connectivity index (χ4n) is 3.09. The van der Waals surface area contributed by atoms with Gasteiger partial charge in [0.1, 0.15) is 11.6 Å². The fraction of sp³-hybridized carbons (Fsp3) is 0.412. The van der Waals surface area contributed by atoms with Gasteiger partial charge in [-0.3, -0.25) is 10.00 Å². The van der Waals surface area contributed by atoms with Crippen LogP contribution in [-0.2, 0) is 19.9 Å². The van der Waals surface area contributed by atoms with Crippen LogP contribution in [0.1, 0.15) is 36.2 Å². The van der Waals surface area contributed by atoms with Crippen molar-refractivity contribution in [3.05, 3.63) is 41.1 Å². The quantitative estimate of drug-likeness (QED) is 0.912. The first kappa shape index (κ1) is 15.4. The molecule has 1 aromatic heterocycles. The van der Waals surface area contributed by atoms with Crippen molar-refractivity contribution in [1.29, 1.82) is 0 Å². The number of anilines is 1. The number of nitrogens with one attached hydrogen (secondary N) is 2. The number of hydrogen-bond donors (Lipinski definition) is 2. The zero-order valence-corrected chi connectivity index (χ0v) is 13.7. The van der Waals surface area contributed by atoms with E-state index in [0.29, 0.717) is 5.82 Å². The molecule has 1 aliphatic rings. The molecule has 0 radical (unpaired) electrons. The van der Waals surface area contributed by atoms with Gasteiger partial charge in [-0.2, -0.15) is 5.10 Å². The minimum Gasteiger partial charge on any atom is -0.496 e. The highest BCUT2D eigenvalue weighted by atomic mass is 16.5. The second-order valence-corrected chi connectivity index (χ2v) is 5.72. The molecule has 0 saturated carbocycles. The van der Waals surface area contributed by atoms with Gasteiger partial charge in [0.05, 0.1) is 18.8 Å². The predicted octanol–water partition coefficient (Wildman–Crippen LogP) is 2.80. The van der Waals surface area contributed by atoms with Gasteiger partial charge in [-0.05, 0) is 36.5 Å². The molecule has 2 amide bonds. The van der Waals surface area contributed by atoms with Crippen LogP contribution in [0.15, 0.2) is 24.3 Å². The maximum absolute atomic E-state index is 12.3. The van der Waals surface area contributed by atoms with Crippen LogP contribution >= 0.6 is 0 Å². The van der Waals surface area contributed by atoms with Crippen LogP contribution in [-0.4, -0.2) is 22.9 Å². The fourth-order valence-corrected chi connectivity index (χ4v) is 3.09. The number of fused-ring (bicyclic) bond motifs is 1. The zero-order chi connectivity index (χ0) is 16.4. The second kappa shape index (κ2) is 6.32. The third kappa shape index (κ3) is 3.02. The van der Waals surface area contributed by atoms with Crippen LogP contribution in [0, 0.1) is 0 Å². The van der Waals surface area contributed by atoms with E-state index >= 15 is 0 Å². The monoisotopic (exact) mass is 314 g/mol. The highest BCUT2D eigenvalue weighted by Crippen LogP contribution is 2.36. The van der Waals surface area contributed by atoms with E-state index in [1.165, 1.54) is 5.56 Å². The Balaban J connectivity index is 1.69. The van der Waals surface area contributed by atoms with Crippen LogP contribution in [0.4, 0.5) is 10.6 Å². The van der Waals surface area contributed by atoms with Gasteiger partial charge in [-0.15, -0.1) is 0 Å². The summed E-state index contributed by atoms with van der Waals surface area (Å²) in [7, 11) is 3.50. The number of carbonyl (C=O) groups excluding carboxylic acids is 1. The van der Waals surface area contributed by atoms with E-state index in [9.17, 15) is 4.79 Å². The summed E-state index contributed by atoms with van der Waals surface area (Å²) in [6.07, 6.45) is 2.64. The molecule has 6 heteroatoms. The molecule has 1 atom stereocenters. The van der Waals surface area contributed by atoms with Gasteiger partial charge in [0.2, 0.25) is 0 Å². The smallest absolute Gasteiger partial charge is 0.320 e. The number of nitrogens with zero attached hydrogens (tertiary/aromatic N) is 2. The Labute approximate surface area is 135 Å². The molecule has 23 heavy (non-hydrogen) atoms. The number of amides is 2. The molecule has 0 fully saturated rings. The molecule has 0 aliphatic heterocycles. The molecule has 1 unspecified atom stereocenters. The topological polar surface area (TPSA) is 68.2 Å². The van der Waals surface area contributed by atoms with Crippen molar-refractivity contribution in [2.45, 2.75) is 32.2 Å². The van der Waals surface area contributed by atoms with Gasteiger partial charge in [0.15, 0.2) is 0 Å². The number of ether oxygens (including phenoxy) is 1. The normalized spacial score (nSPS) is 16.0. The average molecular weight is 314 g/mol. The lowest BCUT2D eigenvalue weighted by Crippen LogP contribution is -2.32. The summed E-state index contributed by atoms with van der Waals surface area (Å²) < 4.78 is 7.08. The number of aromatic nitrogens is 2. The van der Waals surface area contributed by atoms with E-state index in [0.717, 1.165) is 36.3 Å². The molecule has 3 rings (SSSR count). The molecule has 0 bridgehead atoms. The largest absolute Gasteiger partial charge is 0.496 e. The zero-order valence-electron chi connectivity index (χ0n) is 13.7. The van der Waals surface area contributed by atoms with Gasteiger partial charge in [-0.25, -0.2) is 4.79 Å². The van der Waals surface area contributed by atoms with Crippen molar-refractivity contribution in [1.82, 2.24) is 15.1 Å². The van der Waals surface area contributed by atoms with E-state index in [2.05, 4.69) is 21.8 Å². The van der Waals surface area contributed by atoms with Crippen molar-refractivity contribution in [3.8, 4) is 5.75 Å². The Bertz CT molecular complexity index is 723. The van der Waals surface area contributed by atoms with Crippen LogP contribution in [0.2, 0.25) is 0 Å². The molecule has 2 N–H and O–H groups in total. The summed E-state index contributed by atoms with van der Waals surface area (Å²) in [4.78, 5) is 12.3. The van der Waals surface area contributed by atoms with E-state index in [1.54, 1.807) is 11.8 Å². The first-order chi connectivity index (χ1) is 11.1. The molecule has 0 spiro atoms. The van der Waals surface area contributed by atoms with Gasteiger partial charge in [0.25, 0.3) is 0 Å². The predicted molar refractivity (Wildman–Crippen MR) is 88.8 cm³/mol. The number of hydrogen-bond acceptors (Lipinski definition) is 3. The summed E-state index contributed by atoms with van der Waals surface area (Å²) in [6, 6.07) is 7.67. The SMILES string of the molecule is CCc1cc(NC(=O)NC2CCc3c(OC)cccc32)n(C)n1. The number of urea groups is 1. The number of aryl methyl sites for hydroxylation is 2. The van der Waals surface area contributed by atoms with Crippen LogP contribution < -0.4 is 15.4 Å². The lowest BCUT2D eigenvalue weighted by Gasteiger charge is -2.15. The number of benzene rings is 1. The molecule has 1 heterocycles. The van der Waals surface area contributed by atoms with Crippen molar-refractivity contribution in [2.75, 3.05) is 12.4 Å². The van der Waals surface area contributed by atoms with E-state index in [4.69, 9.17) is 4.74 Å². The van der Waals surface area contributed by atoms with Gasteiger partial charge >= 0.3 is 6.03 Å². The highest BCUT2D eigenvalue weighted by Gasteiger charge is 2.26. The molecule has 1 aromatic carbocycles. The minimum atomic E-state index is -0.212. The van der Waals surface area contributed by atoms with Crippen molar-refractivity contribution < 1.29 is 9.53 Å². The average Bonchev–Trinajstić information content (AvgIpc) is 3.11. The summed E-state index contributed by atoms with van der Waals surface area (Å²) in [6.45, 7) is 2.04. The lowest BCUT2D eigenvalue weighted by atomic mass is 10.1. The number of methoxy groups -OCH3 is 1. The van der Waals surface area contributed by atoms with Crippen molar-refractivity contribution >= 4 is 11.8 Å². The Morgan fingerprint density at radius 1 is 1.48 bits per heavy atom. The Morgan fingerprint density at radius 3 is 3.00 bits per heavy atom. The lowest BCUT2D eigenvalue weighted by molar-refractivity contribution is 0.248. The third-order valence-corrected chi connectivity index (χ3v) is 4.29. The first-order valence-corrected chi connectivity index (χ1v) is 7.88. The molecule has 0 saturated heterocycles. The molecule has 1 aliphatic carbocycles. The Morgan fingerprint density at radius 2 is 2.30 bits per heavy atom. The van der Waals surface area contributed by atoms with Crippen LogP contribution in [0.5, 0.6) is 5.75 Å². The molecular formula is C17H22N4O2. The van der Waals surface area contributed by atoms with E-state index in [-0.39, 0.29) is 12.1 Å². The standard InChI is InChI=1S/C17H22N4O2/c1-4-11-10-16(21(2)20-11)19-17(22)18-14-9-8-13-12(14)6-5-7-15(13)23-3/h5-7,10,14H,4,8-9H2,1-3H3,(H2,18,19,22). The summed E-state index contributed by atoms with van der Waals surface area (Å²) in [5.74, 6) is 1.59. The van der Waals surface area contributed by atoms with E-state index in [1.807, 2.05) is 32.2 Å². The van der Waals surface area contributed by atoms with Gasteiger partial charge in [0, 0.05) is 13.1 Å². The van der Waals surface area contributed by atoms with Crippen molar-refractivity contribution in [2.24, 2.45) is 7.05 Å². The molecule has 122 valence electrons. The number of carbonyl (C=O) groups is 1. The van der Waals surface area contributed by atoms with Crippen molar-refractivity contribution in [3.63, 3.8) is 0 Å². The van der Waals surface area contributed by atoms with E-state index < -0.39 is 0 Å². The molecule has 2 aromatic rings. The molecular weight excluding hydrogens is 292 g/mol. The highest BCUT2D eigenvalue weighted by molar-refractivity contribution is 5.88. The van der Waals surface area contributed by atoms with Gasteiger partial charge < -0.3 is 10.1 Å². The maximum Gasteiger partial charge on any atom is 0.320 e. The maximum atomic E-state index is 12.3. The summed E-state index contributed by atoms with van der Waals surface area (Å²) in [5, 5.41) is 10.2. The summed E-state index contributed by atoms with van der Waals surface area (Å²) in [5.41, 5.74) is 3.28. The van der Waals surface area contributed by atoms with Crippen LogP contribution in [0.25, 0.3) is 0 Å².